The summed E-state index contributed by atoms with van der Waals surface area (Å²) < 4.78 is 34.2. The lowest BCUT2D eigenvalue weighted by Crippen LogP contribution is -2.44. The van der Waals surface area contributed by atoms with E-state index in [2.05, 4.69) is 21.2 Å². The number of ether oxygens (including phenoxy) is 1. The Morgan fingerprint density at radius 2 is 1.77 bits per heavy atom. The van der Waals surface area contributed by atoms with Crippen molar-refractivity contribution in [1.29, 1.82) is 0 Å². The van der Waals surface area contributed by atoms with E-state index >= 15 is 0 Å². The number of nitrogens with zero attached hydrogens (tertiary/aromatic N) is 1. The van der Waals surface area contributed by atoms with E-state index in [9.17, 15) is 13.2 Å². The van der Waals surface area contributed by atoms with Gasteiger partial charge in [0.2, 0.25) is 10.0 Å². The Morgan fingerprint density at radius 1 is 1.13 bits per heavy atom. The second kappa shape index (κ2) is 10.4. The summed E-state index contributed by atoms with van der Waals surface area (Å²) in [6.45, 7) is 1.22. The Labute approximate surface area is 185 Å². The van der Waals surface area contributed by atoms with Crippen LogP contribution in [0.5, 0.6) is 0 Å². The van der Waals surface area contributed by atoms with Crippen LogP contribution >= 0.6 is 15.9 Å². The van der Waals surface area contributed by atoms with Gasteiger partial charge in [-0.25, -0.2) is 17.5 Å². The van der Waals surface area contributed by atoms with Gasteiger partial charge in [-0.05, 0) is 36.1 Å². The summed E-state index contributed by atoms with van der Waals surface area (Å²) in [6, 6.07) is 15.8. The highest BCUT2D eigenvalue weighted by Gasteiger charge is 2.31. The number of halogens is 1. The van der Waals surface area contributed by atoms with Gasteiger partial charge in [0, 0.05) is 17.6 Å². The first-order valence-electron chi connectivity index (χ1n) is 9.72. The Bertz CT molecular complexity index is 930. The number of nitrogens with one attached hydrogen (secondary N) is 1. The highest BCUT2D eigenvalue weighted by Crippen LogP contribution is 2.22. The van der Waals surface area contributed by atoms with E-state index in [0.717, 1.165) is 10.0 Å². The van der Waals surface area contributed by atoms with Crippen molar-refractivity contribution in [3.8, 4) is 0 Å². The lowest BCUT2D eigenvalue weighted by atomic mass is 10.1. The first-order chi connectivity index (χ1) is 14.3. The predicted molar refractivity (Wildman–Crippen MR) is 118 cm³/mol. The van der Waals surface area contributed by atoms with Crippen LogP contribution in [0.25, 0.3) is 0 Å². The van der Waals surface area contributed by atoms with Crippen LogP contribution in [0.1, 0.15) is 30.0 Å². The predicted octanol–water partition coefficient (Wildman–Crippen LogP) is 3.77. The molecule has 2 aromatic carbocycles. The third kappa shape index (κ3) is 6.53. The van der Waals surface area contributed by atoms with Crippen molar-refractivity contribution in [2.45, 2.75) is 31.6 Å². The molecule has 2 aromatic rings. The number of hydrogen-bond acceptors (Lipinski definition) is 4. The summed E-state index contributed by atoms with van der Waals surface area (Å²) in [5.74, 6) is -0.312. The van der Waals surface area contributed by atoms with Crippen LogP contribution in [-0.4, -0.2) is 48.9 Å². The molecule has 0 aliphatic carbocycles. The number of rotatable bonds is 8. The second-order valence-electron chi connectivity index (χ2n) is 7.23. The molecule has 0 bridgehead atoms. The van der Waals surface area contributed by atoms with Gasteiger partial charge in [0.25, 0.3) is 0 Å². The normalized spacial score (nSPS) is 16.8. The molecule has 1 unspecified atom stereocenters. The molecule has 7 nitrogen and oxygen atoms in total. The van der Waals surface area contributed by atoms with Crippen LogP contribution in [0.3, 0.4) is 0 Å². The smallest absolute Gasteiger partial charge is 0.405 e. The van der Waals surface area contributed by atoms with E-state index in [4.69, 9.17) is 9.84 Å². The summed E-state index contributed by atoms with van der Waals surface area (Å²) in [5.41, 5.74) is 1.69. The number of sulfonamides is 1. The van der Waals surface area contributed by atoms with Crippen molar-refractivity contribution in [3.05, 3.63) is 70.2 Å². The molecule has 1 amide bonds. The van der Waals surface area contributed by atoms with Crippen molar-refractivity contribution in [1.82, 2.24) is 9.62 Å². The number of benzene rings is 2. The van der Waals surface area contributed by atoms with Gasteiger partial charge in [0.05, 0.1) is 24.5 Å². The third-order valence-electron chi connectivity index (χ3n) is 5.07. The van der Waals surface area contributed by atoms with Gasteiger partial charge in [-0.3, -0.25) is 0 Å². The fourth-order valence-corrected chi connectivity index (χ4v) is 5.38. The Morgan fingerprint density at radius 3 is 2.37 bits per heavy atom. The molecule has 9 heteroatoms. The zero-order chi connectivity index (χ0) is 21.6. The van der Waals surface area contributed by atoms with Crippen LogP contribution in [0.15, 0.2) is 59.1 Å². The zero-order valence-corrected chi connectivity index (χ0v) is 18.8. The highest BCUT2D eigenvalue weighted by molar-refractivity contribution is 9.10. The summed E-state index contributed by atoms with van der Waals surface area (Å²) in [6.07, 6.45) is -0.0303. The van der Waals surface area contributed by atoms with Crippen molar-refractivity contribution in [2.24, 2.45) is 0 Å². The van der Waals surface area contributed by atoms with E-state index in [1.807, 2.05) is 24.3 Å². The van der Waals surface area contributed by atoms with E-state index in [1.165, 1.54) is 4.31 Å². The SMILES string of the molecule is O=C(O)NC(CS(=O)(=O)N1CCC(OCc2ccc(Br)cc2)CC1)c1ccccc1. The standard InChI is InChI=1S/C21H25BrN2O5S/c22-18-8-6-16(7-9-18)14-29-19-10-12-24(13-11-19)30(27,28)15-20(23-21(25)26)17-4-2-1-3-5-17/h1-9,19-20,23H,10-15H2,(H,25,26). The maximum Gasteiger partial charge on any atom is 0.405 e. The molecule has 1 fully saturated rings. The molecule has 0 saturated carbocycles. The largest absolute Gasteiger partial charge is 0.465 e. The number of carbonyl (C=O) groups is 1. The number of piperidine rings is 1. The van der Waals surface area contributed by atoms with Crippen LogP contribution in [0.2, 0.25) is 0 Å². The summed E-state index contributed by atoms with van der Waals surface area (Å²) in [4.78, 5) is 11.2. The highest BCUT2D eigenvalue weighted by atomic mass is 79.9. The first kappa shape index (κ1) is 22.7. The van der Waals surface area contributed by atoms with Gasteiger partial charge in [0.1, 0.15) is 0 Å². The van der Waals surface area contributed by atoms with Gasteiger partial charge in [-0.1, -0.05) is 58.4 Å². The third-order valence-corrected chi connectivity index (χ3v) is 7.51. The maximum atomic E-state index is 12.9. The van der Waals surface area contributed by atoms with Crippen molar-refractivity contribution in [3.63, 3.8) is 0 Å². The molecule has 1 aliphatic heterocycles. The zero-order valence-electron chi connectivity index (χ0n) is 16.4. The summed E-state index contributed by atoms with van der Waals surface area (Å²) >= 11 is 3.40. The van der Waals surface area contributed by atoms with Gasteiger partial charge in [0.15, 0.2) is 0 Å². The molecule has 1 atom stereocenters. The van der Waals surface area contributed by atoms with Crippen molar-refractivity contribution in [2.75, 3.05) is 18.8 Å². The summed E-state index contributed by atoms with van der Waals surface area (Å²) in [5, 5.41) is 11.4. The quantitative estimate of drug-likeness (QED) is 0.579. The van der Waals surface area contributed by atoms with Crippen LogP contribution in [0, 0.1) is 0 Å². The molecule has 2 N–H and O–H groups in total. The second-order valence-corrected chi connectivity index (χ2v) is 10.2. The minimum absolute atomic E-state index is 0.00200. The van der Waals surface area contributed by atoms with Crippen LogP contribution in [-0.2, 0) is 21.4 Å². The molecule has 30 heavy (non-hydrogen) atoms. The van der Waals surface area contributed by atoms with Gasteiger partial charge in [-0.2, -0.15) is 0 Å². The molecular weight excluding hydrogens is 472 g/mol. The van der Waals surface area contributed by atoms with E-state index < -0.39 is 22.2 Å². The lowest BCUT2D eigenvalue weighted by molar-refractivity contribution is 0.0102. The Balaban J connectivity index is 1.55. The summed E-state index contributed by atoms with van der Waals surface area (Å²) in [7, 11) is -3.62. The van der Waals surface area contributed by atoms with Crippen LogP contribution < -0.4 is 5.32 Å². The molecule has 162 valence electrons. The fourth-order valence-electron chi connectivity index (χ4n) is 3.44. The van der Waals surface area contributed by atoms with Gasteiger partial charge in [-0.15, -0.1) is 0 Å². The molecule has 1 saturated heterocycles. The molecule has 3 rings (SSSR count). The average Bonchev–Trinajstić information content (AvgIpc) is 2.73. The van der Waals surface area contributed by atoms with Crippen LogP contribution in [0.4, 0.5) is 4.79 Å². The average molecular weight is 497 g/mol. The molecule has 0 radical (unpaired) electrons. The van der Waals surface area contributed by atoms with Gasteiger partial charge >= 0.3 is 6.09 Å². The molecular formula is C21H25BrN2O5S. The van der Waals surface area contributed by atoms with Crippen molar-refractivity contribution < 1.29 is 23.1 Å². The lowest BCUT2D eigenvalue weighted by Gasteiger charge is -2.32. The molecule has 0 spiro atoms. The number of hydrogen-bond donors (Lipinski definition) is 2. The minimum atomic E-state index is -3.62. The topological polar surface area (TPSA) is 95.9 Å². The molecule has 1 aliphatic rings. The monoisotopic (exact) mass is 496 g/mol. The molecule has 0 aromatic heterocycles. The molecule has 1 heterocycles. The fraction of sp³-hybridized carbons (Fsp3) is 0.381. The number of carboxylic acid groups (broad SMARTS) is 1. The number of amides is 1. The van der Waals surface area contributed by atoms with E-state index in [1.54, 1.807) is 30.3 Å². The van der Waals surface area contributed by atoms with Crippen molar-refractivity contribution >= 4 is 32.0 Å². The first-order valence-corrected chi connectivity index (χ1v) is 12.1. The maximum absolute atomic E-state index is 12.9. The Kier molecular flexibility index (Phi) is 7.87. The Hall–Kier alpha value is -1.94. The minimum Gasteiger partial charge on any atom is -0.465 e. The van der Waals surface area contributed by atoms with E-state index in [-0.39, 0.29) is 11.9 Å². The van der Waals surface area contributed by atoms with E-state index in [0.29, 0.717) is 38.1 Å². The van der Waals surface area contributed by atoms with Gasteiger partial charge < -0.3 is 15.2 Å².